The standard InChI is InChI=1S/C12H12N4O/c13-11-5-14-6-12(16-11)15-9-7-17-10-4-2-1-3-8(9)10/h1-6,9H,7H2,(H3,13,15,16). The Bertz CT molecular complexity index is 544. The molecule has 1 aromatic heterocycles. The Morgan fingerprint density at radius 3 is 3.06 bits per heavy atom. The average molecular weight is 228 g/mol. The van der Waals surface area contributed by atoms with Crippen molar-refractivity contribution in [2.75, 3.05) is 17.7 Å². The molecule has 2 heterocycles. The van der Waals surface area contributed by atoms with E-state index in [1.165, 1.54) is 6.20 Å². The van der Waals surface area contributed by atoms with Crippen molar-refractivity contribution in [2.24, 2.45) is 0 Å². The molecule has 0 saturated heterocycles. The van der Waals surface area contributed by atoms with E-state index >= 15 is 0 Å². The first-order valence-corrected chi connectivity index (χ1v) is 5.39. The summed E-state index contributed by atoms with van der Waals surface area (Å²) in [5.41, 5.74) is 6.72. The second kappa shape index (κ2) is 3.93. The third kappa shape index (κ3) is 1.87. The van der Waals surface area contributed by atoms with Crippen LogP contribution in [0.15, 0.2) is 36.7 Å². The number of hydrogen-bond donors (Lipinski definition) is 2. The molecule has 0 amide bonds. The van der Waals surface area contributed by atoms with Crippen molar-refractivity contribution in [3.63, 3.8) is 0 Å². The highest BCUT2D eigenvalue weighted by atomic mass is 16.5. The van der Waals surface area contributed by atoms with Crippen LogP contribution >= 0.6 is 0 Å². The summed E-state index contributed by atoms with van der Waals surface area (Å²) in [5, 5.41) is 3.26. The Kier molecular flexibility index (Phi) is 2.29. The molecule has 0 fully saturated rings. The molecule has 17 heavy (non-hydrogen) atoms. The van der Waals surface area contributed by atoms with Gasteiger partial charge in [-0.3, -0.25) is 4.98 Å². The first kappa shape index (κ1) is 9.89. The summed E-state index contributed by atoms with van der Waals surface area (Å²) in [6.45, 7) is 0.593. The van der Waals surface area contributed by atoms with Crippen LogP contribution in [0, 0.1) is 0 Å². The van der Waals surface area contributed by atoms with E-state index in [1.807, 2.05) is 24.3 Å². The van der Waals surface area contributed by atoms with E-state index in [1.54, 1.807) is 6.20 Å². The molecule has 86 valence electrons. The number of rotatable bonds is 2. The van der Waals surface area contributed by atoms with Gasteiger partial charge in [-0.25, -0.2) is 4.98 Å². The molecule has 5 nitrogen and oxygen atoms in total. The van der Waals surface area contributed by atoms with E-state index < -0.39 is 0 Å². The highest BCUT2D eigenvalue weighted by Crippen LogP contribution is 2.33. The SMILES string of the molecule is Nc1cncc(NC2COc3ccccc32)n1. The van der Waals surface area contributed by atoms with Gasteiger partial charge in [-0.1, -0.05) is 18.2 Å². The van der Waals surface area contributed by atoms with Crippen LogP contribution in [0.4, 0.5) is 11.6 Å². The van der Waals surface area contributed by atoms with Gasteiger partial charge in [0.05, 0.1) is 18.4 Å². The maximum atomic E-state index is 5.58. The zero-order valence-corrected chi connectivity index (χ0v) is 9.13. The fourth-order valence-electron chi connectivity index (χ4n) is 1.91. The van der Waals surface area contributed by atoms with Crippen molar-refractivity contribution in [3.8, 4) is 5.75 Å². The minimum atomic E-state index is 0.0994. The van der Waals surface area contributed by atoms with Crippen LogP contribution in [0.1, 0.15) is 11.6 Å². The Hall–Kier alpha value is -2.30. The number of aromatic nitrogens is 2. The molecule has 0 spiro atoms. The molecule has 1 unspecified atom stereocenters. The van der Waals surface area contributed by atoms with E-state index in [-0.39, 0.29) is 6.04 Å². The van der Waals surface area contributed by atoms with Gasteiger partial charge in [-0.2, -0.15) is 0 Å². The number of hydrogen-bond acceptors (Lipinski definition) is 5. The number of nitrogens with zero attached hydrogens (tertiary/aromatic N) is 2. The van der Waals surface area contributed by atoms with Gasteiger partial charge < -0.3 is 15.8 Å². The van der Waals surface area contributed by atoms with Crippen molar-refractivity contribution in [1.29, 1.82) is 0 Å². The average Bonchev–Trinajstić information content (AvgIpc) is 2.73. The van der Waals surface area contributed by atoms with Crippen molar-refractivity contribution in [1.82, 2.24) is 9.97 Å². The number of nitrogens with two attached hydrogens (primary N) is 1. The molecular weight excluding hydrogens is 216 g/mol. The van der Waals surface area contributed by atoms with Crippen molar-refractivity contribution < 1.29 is 4.74 Å². The van der Waals surface area contributed by atoms with Crippen LogP contribution in [0.3, 0.4) is 0 Å². The molecule has 0 aliphatic carbocycles. The molecule has 0 saturated carbocycles. The van der Waals surface area contributed by atoms with Crippen LogP contribution in [0.2, 0.25) is 0 Å². The Labute approximate surface area is 98.7 Å². The van der Waals surface area contributed by atoms with Gasteiger partial charge in [0, 0.05) is 5.56 Å². The van der Waals surface area contributed by atoms with E-state index in [0.29, 0.717) is 18.2 Å². The third-order valence-electron chi connectivity index (χ3n) is 2.68. The number of fused-ring (bicyclic) bond motifs is 1. The maximum absolute atomic E-state index is 5.58. The fourth-order valence-corrected chi connectivity index (χ4v) is 1.91. The number of nitrogen functional groups attached to an aromatic ring is 1. The predicted molar refractivity (Wildman–Crippen MR) is 64.7 cm³/mol. The number of para-hydroxylation sites is 1. The molecule has 0 bridgehead atoms. The van der Waals surface area contributed by atoms with Gasteiger partial charge in [0.15, 0.2) is 0 Å². The number of anilines is 2. The Balaban J connectivity index is 1.84. The molecule has 5 heteroatoms. The lowest BCUT2D eigenvalue weighted by Gasteiger charge is -2.11. The van der Waals surface area contributed by atoms with Gasteiger partial charge in [0.2, 0.25) is 0 Å². The minimum absolute atomic E-state index is 0.0994. The van der Waals surface area contributed by atoms with Gasteiger partial charge in [0.25, 0.3) is 0 Å². The monoisotopic (exact) mass is 228 g/mol. The molecule has 1 aliphatic rings. The van der Waals surface area contributed by atoms with E-state index in [9.17, 15) is 0 Å². The zero-order valence-electron chi connectivity index (χ0n) is 9.13. The predicted octanol–water partition coefficient (Wildman–Crippen LogP) is 1.60. The summed E-state index contributed by atoms with van der Waals surface area (Å²) in [5.74, 6) is 1.99. The van der Waals surface area contributed by atoms with Crippen LogP contribution in [-0.4, -0.2) is 16.6 Å². The summed E-state index contributed by atoms with van der Waals surface area (Å²) in [4.78, 5) is 8.15. The van der Waals surface area contributed by atoms with Gasteiger partial charge >= 0.3 is 0 Å². The Morgan fingerprint density at radius 2 is 2.18 bits per heavy atom. The lowest BCUT2D eigenvalue weighted by Crippen LogP contribution is -2.13. The normalized spacial score (nSPS) is 17.3. The van der Waals surface area contributed by atoms with E-state index in [0.717, 1.165) is 11.3 Å². The summed E-state index contributed by atoms with van der Waals surface area (Å²) in [7, 11) is 0. The summed E-state index contributed by atoms with van der Waals surface area (Å²) in [6, 6.07) is 8.05. The largest absolute Gasteiger partial charge is 0.491 e. The molecule has 1 aliphatic heterocycles. The molecule has 0 radical (unpaired) electrons. The molecule has 1 aromatic carbocycles. The molecule has 2 aromatic rings. The minimum Gasteiger partial charge on any atom is -0.491 e. The molecule has 3 rings (SSSR count). The summed E-state index contributed by atoms with van der Waals surface area (Å²) >= 11 is 0. The first-order valence-electron chi connectivity index (χ1n) is 5.39. The van der Waals surface area contributed by atoms with Crippen molar-refractivity contribution in [2.45, 2.75) is 6.04 Å². The fraction of sp³-hybridized carbons (Fsp3) is 0.167. The third-order valence-corrected chi connectivity index (χ3v) is 2.68. The van der Waals surface area contributed by atoms with Crippen molar-refractivity contribution in [3.05, 3.63) is 42.2 Å². The smallest absolute Gasteiger partial charge is 0.147 e. The molecule has 3 N–H and O–H groups in total. The molecule has 1 atom stereocenters. The number of nitrogens with one attached hydrogen (secondary N) is 1. The topological polar surface area (TPSA) is 73.1 Å². The quantitative estimate of drug-likeness (QED) is 0.816. The van der Waals surface area contributed by atoms with Gasteiger partial charge in [0.1, 0.15) is 24.0 Å². The van der Waals surface area contributed by atoms with Crippen molar-refractivity contribution >= 4 is 11.6 Å². The lowest BCUT2D eigenvalue weighted by atomic mass is 10.1. The van der Waals surface area contributed by atoms with E-state index in [2.05, 4.69) is 15.3 Å². The summed E-state index contributed by atoms with van der Waals surface area (Å²) < 4.78 is 5.57. The van der Waals surface area contributed by atoms with E-state index in [4.69, 9.17) is 10.5 Å². The summed E-state index contributed by atoms with van der Waals surface area (Å²) in [6.07, 6.45) is 3.17. The number of benzene rings is 1. The van der Waals surface area contributed by atoms with Crippen LogP contribution in [0.5, 0.6) is 5.75 Å². The zero-order chi connectivity index (χ0) is 11.7. The maximum Gasteiger partial charge on any atom is 0.147 e. The Morgan fingerprint density at radius 1 is 1.29 bits per heavy atom. The van der Waals surface area contributed by atoms with Gasteiger partial charge in [-0.05, 0) is 6.07 Å². The highest BCUT2D eigenvalue weighted by Gasteiger charge is 2.23. The van der Waals surface area contributed by atoms with Gasteiger partial charge in [-0.15, -0.1) is 0 Å². The number of ether oxygens (including phenoxy) is 1. The first-order chi connectivity index (χ1) is 8.33. The van der Waals surface area contributed by atoms with Crippen LogP contribution < -0.4 is 15.8 Å². The highest BCUT2D eigenvalue weighted by molar-refractivity contribution is 5.46. The van der Waals surface area contributed by atoms with Crippen LogP contribution in [0.25, 0.3) is 0 Å². The van der Waals surface area contributed by atoms with Crippen LogP contribution in [-0.2, 0) is 0 Å². The lowest BCUT2D eigenvalue weighted by molar-refractivity contribution is 0.339. The second-order valence-corrected chi connectivity index (χ2v) is 3.87. The second-order valence-electron chi connectivity index (χ2n) is 3.87. The molecular formula is C12H12N4O.